The minimum absolute atomic E-state index is 0.301. The molecule has 0 saturated carbocycles. The maximum atomic E-state index is 12.2. The van der Waals surface area contributed by atoms with Crippen LogP contribution in [0.25, 0.3) is 0 Å². The van der Waals surface area contributed by atoms with E-state index in [-0.39, 0.29) is 0 Å². The van der Waals surface area contributed by atoms with Crippen molar-refractivity contribution in [1.82, 2.24) is 15.4 Å². The standard InChI is InChI=1S/C15H16BrN3O4/c1-19-8-10(16)6-13(19)15(21)18-17-14(20)9-4-11(22-2)7-12(5-9)23-3/h4-8H,1-3H3,(H,17,20)(H,18,21). The second-order valence-electron chi connectivity index (χ2n) is 4.66. The van der Waals surface area contributed by atoms with Gasteiger partial charge >= 0.3 is 0 Å². The van der Waals surface area contributed by atoms with Crippen molar-refractivity contribution in [2.45, 2.75) is 0 Å². The SMILES string of the molecule is COc1cc(OC)cc(C(=O)NNC(=O)c2cc(Br)cn2C)c1. The van der Waals surface area contributed by atoms with Crippen molar-refractivity contribution in [2.75, 3.05) is 14.2 Å². The lowest BCUT2D eigenvalue weighted by molar-refractivity contribution is 0.0842. The molecule has 2 amide bonds. The molecule has 0 saturated heterocycles. The highest BCUT2D eigenvalue weighted by molar-refractivity contribution is 9.10. The number of amides is 2. The molecule has 0 aliphatic heterocycles. The molecule has 0 bridgehead atoms. The molecule has 0 radical (unpaired) electrons. The topological polar surface area (TPSA) is 81.6 Å². The van der Waals surface area contributed by atoms with E-state index in [2.05, 4.69) is 26.8 Å². The van der Waals surface area contributed by atoms with Gasteiger partial charge in [0.2, 0.25) is 0 Å². The van der Waals surface area contributed by atoms with Crippen LogP contribution >= 0.6 is 15.9 Å². The Morgan fingerprint density at radius 3 is 2.04 bits per heavy atom. The molecule has 1 aromatic heterocycles. The zero-order valence-corrected chi connectivity index (χ0v) is 14.4. The molecule has 7 nitrogen and oxygen atoms in total. The van der Waals surface area contributed by atoms with Crippen molar-refractivity contribution in [2.24, 2.45) is 7.05 Å². The first-order valence-corrected chi connectivity index (χ1v) is 7.39. The van der Waals surface area contributed by atoms with Gasteiger partial charge in [-0.2, -0.15) is 0 Å². The van der Waals surface area contributed by atoms with E-state index in [9.17, 15) is 9.59 Å². The molecule has 0 unspecified atom stereocenters. The van der Waals surface area contributed by atoms with Crippen molar-refractivity contribution in [3.63, 3.8) is 0 Å². The number of nitrogens with one attached hydrogen (secondary N) is 2. The van der Waals surface area contributed by atoms with Gasteiger partial charge in [0.15, 0.2) is 0 Å². The summed E-state index contributed by atoms with van der Waals surface area (Å²) in [5, 5.41) is 0. The monoisotopic (exact) mass is 381 g/mol. The third-order valence-corrected chi connectivity index (χ3v) is 3.54. The highest BCUT2D eigenvalue weighted by atomic mass is 79.9. The van der Waals surface area contributed by atoms with E-state index in [0.717, 1.165) is 4.47 Å². The summed E-state index contributed by atoms with van der Waals surface area (Å²) >= 11 is 3.28. The first-order chi connectivity index (χ1) is 10.9. The van der Waals surface area contributed by atoms with Gasteiger partial charge in [0.25, 0.3) is 11.8 Å². The molecule has 0 spiro atoms. The zero-order chi connectivity index (χ0) is 17.0. The number of ether oxygens (including phenoxy) is 2. The minimum atomic E-state index is -0.483. The predicted molar refractivity (Wildman–Crippen MR) is 87.6 cm³/mol. The molecule has 2 aromatic rings. The van der Waals surface area contributed by atoms with Crippen molar-refractivity contribution >= 4 is 27.7 Å². The number of aryl methyl sites for hydroxylation is 1. The van der Waals surface area contributed by atoms with Crippen molar-refractivity contribution < 1.29 is 19.1 Å². The maximum absolute atomic E-state index is 12.2. The lowest BCUT2D eigenvalue weighted by Crippen LogP contribution is -2.42. The average Bonchev–Trinajstić information content (AvgIpc) is 2.90. The number of hydrogen-bond donors (Lipinski definition) is 2. The summed E-state index contributed by atoms with van der Waals surface area (Å²) in [4.78, 5) is 24.2. The van der Waals surface area contributed by atoms with Crippen molar-refractivity contribution in [1.29, 1.82) is 0 Å². The van der Waals surface area contributed by atoms with Crippen LogP contribution in [0.1, 0.15) is 20.8 Å². The van der Waals surface area contributed by atoms with Gasteiger partial charge in [0, 0.05) is 29.3 Å². The number of hydrazine groups is 1. The number of rotatable bonds is 4. The predicted octanol–water partition coefficient (Wildman–Crippen LogP) is 1.88. The van der Waals surface area contributed by atoms with E-state index >= 15 is 0 Å². The first-order valence-electron chi connectivity index (χ1n) is 6.60. The fourth-order valence-electron chi connectivity index (χ4n) is 1.94. The molecule has 0 aliphatic rings. The lowest BCUT2D eigenvalue weighted by Gasteiger charge is -2.10. The van der Waals surface area contributed by atoms with E-state index in [1.54, 1.807) is 42.1 Å². The van der Waals surface area contributed by atoms with Crippen LogP contribution in [0.2, 0.25) is 0 Å². The van der Waals surface area contributed by atoms with Gasteiger partial charge in [-0.15, -0.1) is 0 Å². The van der Waals surface area contributed by atoms with Crippen LogP contribution in [0.4, 0.5) is 0 Å². The highest BCUT2D eigenvalue weighted by Crippen LogP contribution is 2.22. The summed E-state index contributed by atoms with van der Waals surface area (Å²) in [6.45, 7) is 0. The Hall–Kier alpha value is -2.48. The van der Waals surface area contributed by atoms with E-state index in [4.69, 9.17) is 9.47 Å². The van der Waals surface area contributed by atoms with Gasteiger partial charge in [-0.05, 0) is 34.1 Å². The largest absolute Gasteiger partial charge is 0.497 e. The Balaban J connectivity index is 2.07. The van der Waals surface area contributed by atoms with Gasteiger partial charge in [-0.25, -0.2) is 0 Å². The summed E-state index contributed by atoms with van der Waals surface area (Å²) in [6, 6.07) is 6.39. The fraction of sp³-hybridized carbons (Fsp3) is 0.200. The van der Waals surface area contributed by atoms with Crippen LogP contribution < -0.4 is 20.3 Å². The number of carbonyl (C=O) groups is 2. The Kier molecular flexibility index (Phi) is 5.28. The first kappa shape index (κ1) is 16.9. The number of methoxy groups -OCH3 is 2. The second kappa shape index (κ2) is 7.19. The smallest absolute Gasteiger partial charge is 0.286 e. The molecule has 122 valence electrons. The van der Waals surface area contributed by atoms with Gasteiger partial charge in [0.1, 0.15) is 17.2 Å². The van der Waals surface area contributed by atoms with Crippen LogP contribution in [0.5, 0.6) is 11.5 Å². The number of hydrogen-bond acceptors (Lipinski definition) is 4. The summed E-state index contributed by atoms with van der Waals surface area (Å²) < 4.78 is 12.6. The van der Waals surface area contributed by atoms with E-state index in [0.29, 0.717) is 22.8 Å². The molecular formula is C15H16BrN3O4. The van der Waals surface area contributed by atoms with Crippen LogP contribution in [-0.4, -0.2) is 30.6 Å². The quantitative estimate of drug-likeness (QED) is 0.792. The third-order valence-electron chi connectivity index (χ3n) is 3.11. The van der Waals surface area contributed by atoms with Gasteiger partial charge in [0.05, 0.1) is 14.2 Å². The molecule has 1 heterocycles. The number of aromatic nitrogens is 1. The molecule has 8 heteroatoms. The molecule has 0 fully saturated rings. The Labute approximate surface area is 141 Å². The van der Waals surface area contributed by atoms with Gasteiger partial charge < -0.3 is 14.0 Å². The number of benzene rings is 1. The van der Waals surface area contributed by atoms with E-state index < -0.39 is 11.8 Å². The Morgan fingerprint density at radius 2 is 1.57 bits per heavy atom. The summed E-state index contributed by atoms with van der Waals surface area (Å²) in [5.41, 5.74) is 5.43. The molecule has 2 N–H and O–H groups in total. The zero-order valence-electron chi connectivity index (χ0n) is 12.8. The normalized spacial score (nSPS) is 10.1. The Bertz CT molecular complexity index is 720. The average molecular weight is 382 g/mol. The van der Waals surface area contributed by atoms with Crippen LogP contribution in [-0.2, 0) is 7.05 Å². The number of nitrogens with zero attached hydrogens (tertiary/aromatic N) is 1. The highest BCUT2D eigenvalue weighted by Gasteiger charge is 2.14. The Morgan fingerprint density at radius 1 is 1.00 bits per heavy atom. The summed E-state index contributed by atoms with van der Waals surface area (Å²) in [5.74, 6) is 0.0459. The summed E-state index contributed by atoms with van der Waals surface area (Å²) in [6.07, 6.45) is 1.74. The second-order valence-corrected chi connectivity index (χ2v) is 5.58. The van der Waals surface area contributed by atoms with Crippen molar-refractivity contribution in [3.05, 3.63) is 46.2 Å². The summed E-state index contributed by atoms with van der Waals surface area (Å²) in [7, 11) is 4.71. The van der Waals surface area contributed by atoms with Crippen LogP contribution in [0.15, 0.2) is 34.9 Å². The minimum Gasteiger partial charge on any atom is -0.497 e. The third kappa shape index (κ3) is 4.04. The van der Waals surface area contributed by atoms with Crippen LogP contribution in [0, 0.1) is 0 Å². The molecular weight excluding hydrogens is 366 g/mol. The van der Waals surface area contributed by atoms with Gasteiger partial charge in [-0.3, -0.25) is 20.4 Å². The van der Waals surface area contributed by atoms with Crippen molar-refractivity contribution in [3.8, 4) is 11.5 Å². The lowest BCUT2D eigenvalue weighted by atomic mass is 10.2. The molecule has 1 aromatic carbocycles. The number of halogens is 1. The maximum Gasteiger partial charge on any atom is 0.286 e. The molecule has 0 aliphatic carbocycles. The number of carbonyl (C=O) groups excluding carboxylic acids is 2. The molecule has 23 heavy (non-hydrogen) atoms. The molecule has 0 atom stereocenters. The molecule has 2 rings (SSSR count). The van der Waals surface area contributed by atoms with Gasteiger partial charge in [-0.1, -0.05) is 0 Å². The van der Waals surface area contributed by atoms with Crippen LogP contribution in [0.3, 0.4) is 0 Å². The fourth-order valence-corrected chi connectivity index (χ4v) is 2.46. The van der Waals surface area contributed by atoms with E-state index in [1.807, 2.05) is 0 Å². The van der Waals surface area contributed by atoms with E-state index in [1.165, 1.54) is 14.2 Å².